The van der Waals surface area contributed by atoms with Gasteiger partial charge in [0.1, 0.15) is 0 Å². The number of anilines is 5. The predicted octanol–water partition coefficient (Wildman–Crippen LogP) is 13.3. The number of benzene rings is 6. The molecule has 2 nitrogen and oxygen atoms in total. The van der Waals surface area contributed by atoms with Crippen molar-refractivity contribution in [1.82, 2.24) is 0 Å². The molecule has 0 spiro atoms. The fourth-order valence-corrected chi connectivity index (χ4v) is 8.35. The second-order valence-electron chi connectivity index (χ2n) is 13.0. The van der Waals surface area contributed by atoms with Gasteiger partial charge in [-0.25, -0.2) is 0 Å². The fraction of sp³-hybridized carbons (Fsp3) is 0.0870. The lowest BCUT2D eigenvalue weighted by Crippen LogP contribution is -2.19. The second kappa shape index (κ2) is 12.8. The molecule has 0 N–H and O–H groups in total. The Morgan fingerprint density at radius 1 is 0.551 bits per heavy atom. The molecule has 1 aromatic heterocycles. The maximum absolute atomic E-state index is 3.78. The van der Waals surface area contributed by atoms with Crippen LogP contribution in [0.15, 0.2) is 176 Å². The third kappa shape index (κ3) is 5.56. The van der Waals surface area contributed by atoms with Crippen LogP contribution in [0.1, 0.15) is 25.0 Å². The van der Waals surface area contributed by atoms with Gasteiger partial charge in [-0.15, -0.1) is 11.3 Å². The van der Waals surface area contributed by atoms with E-state index in [9.17, 15) is 0 Å². The van der Waals surface area contributed by atoms with E-state index < -0.39 is 0 Å². The van der Waals surface area contributed by atoms with Crippen molar-refractivity contribution >= 4 is 59.9 Å². The van der Waals surface area contributed by atoms with Gasteiger partial charge in [0.15, 0.2) is 0 Å². The number of rotatable bonds is 9. The van der Waals surface area contributed by atoms with E-state index in [1.54, 1.807) is 6.08 Å². The largest absolute Gasteiger partial charge is 0.338 e. The molecule has 1 heterocycles. The first-order valence-corrected chi connectivity index (χ1v) is 17.7. The molecule has 0 saturated heterocycles. The molecule has 0 saturated carbocycles. The monoisotopic (exact) mass is 650 g/mol. The summed E-state index contributed by atoms with van der Waals surface area (Å²) in [4.78, 5) is 4.73. The van der Waals surface area contributed by atoms with E-state index in [-0.39, 0.29) is 5.41 Å². The minimum Gasteiger partial charge on any atom is -0.338 e. The van der Waals surface area contributed by atoms with E-state index in [2.05, 4.69) is 182 Å². The summed E-state index contributed by atoms with van der Waals surface area (Å²) in [5, 5.41) is 2.63. The third-order valence-electron chi connectivity index (χ3n) is 9.68. The van der Waals surface area contributed by atoms with Crippen LogP contribution < -0.4 is 9.80 Å². The van der Waals surface area contributed by atoms with Crippen molar-refractivity contribution < 1.29 is 0 Å². The fourth-order valence-electron chi connectivity index (χ4n) is 7.24. The van der Waals surface area contributed by atoms with Gasteiger partial charge in [0.05, 0.1) is 0 Å². The molecule has 238 valence electrons. The summed E-state index contributed by atoms with van der Waals surface area (Å²) >= 11 is 1.89. The Labute approximate surface area is 293 Å². The zero-order valence-electron chi connectivity index (χ0n) is 27.9. The first-order chi connectivity index (χ1) is 24.0. The van der Waals surface area contributed by atoms with Crippen LogP contribution in [0.25, 0.3) is 31.3 Å². The van der Waals surface area contributed by atoms with E-state index in [1.165, 1.54) is 53.8 Å². The zero-order valence-corrected chi connectivity index (χ0v) is 28.7. The quantitative estimate of drug-likeness (QED) is 0.143. The Bertz CT molecular complexity index is 2310. The number of allylic oxidation sites excluding steroid dienone is 4. The molecule has 1 aliphatic carbocycles. The van der Waals surface area contributed by atoms with E-state index in [0.717, 1.165) is 23.6 Å². The van der Waals surface area contributed by atoms with Crippen LogP contribution in [0.2, 0.25) is 0 Å². The molecule has 0 aliphatic heterocycles. The van der Waals surface area contributed by atoms with Gasteiger partial charge >= 0.3 is 0 Å². The van der Waals surface area contributed by atoms with Crippen LogP contribution in [0.3, 0.4) is 0 Å². The molecule has 0 radical (unpaired) electrons. The minimum absolute atomic E-state index is 0.147. The molecular formula is C46H38N2S. The highest BCUT2D eigenvalue weighted by atomic mass is 32.1. The van der Waals surface area contributed by atoms with E-state index in [1.807, 2.05) is 23.5 Å². The molecule has 0 atom stereocenters. The Balaban J connectivity index is 1.21. The minimum atomic E-state index is -0.147. The number of thiophene rings is 1. The molecule has 0 bridgehead atoms. The van der Waals surface area contributed by atoms with Crippen LogP contribution in [0.4, 0.5) is 28.4 Å². The van der Waals surface area contributed by atoms with Crippen molar-refractivity contribution in [1.29, 1.82) is 0 Å². The predicted molar refractivity (Wildman–Crippen MR) is 214 cm³/mol. The van der Waals surface area contributed by atoms with Gasteiger partial charge in [0.25, 0.3) is 0 Å². The van der Waals surface area contributed by atoms with Crippen molar-refractivity contribution in [2.24, 2.45) is 0 Å². The lowest BCUT2D eigenvalue weighted by molar-refractivity contribution is 0.661. The van der Waals surface area contributed by atoms with Crippen LogP contribution in [0, 0.1) is 0 Å². The Morgan fingerprint density at radius 2 is 1.16 bits per heavy atom. The lowest BCUT2D eigenvalue weighted by atomic mass is 9.82. The van der Waals surface area contributed by atoms with Crippen LogP contribution in [-0.4, -0.2) is 6.54 Å². The topological polar surface area (TPSA) is 6.48 Å². The van der Waals surface area contributed by atoms with Gasteiger partial charge in [-0.2, -0.15) is 0 Å². The summed E-state index contributed by atoms with van der Waals surface area (Å²) in [5.74, 6) is 0. The van der Waals surface area contributed by atoms with E-state index in [4.69, 9.17) is 0 Å². The number of fused-ring (bicyclic) bond motifs is 6. The standard InChI is InChI=1S/C46H38N2S/c1-4-5-6-7-17-28-47(33-18-11-8-12-19-33)36-24-26-38-39-32-45-41(31-43(39)46(2,3)42(38)30-36)40-29-37(25-27-44(40)49-45)48(34-20-13-9-14-21-34)35-22-15-10-16-23-35/h4-27,29-32H,1,28H2,2-3H3/b6-5-,17-7-. The number of nitrogens with zero attached hydrogens (tertiary/aromatic N) is 2. The molecular weight excluding hydrogens is 613 g/mol. The zero-order chi connectivity index (χ0) is 33.4. The molecule has 6 aromatic carbocycles. The summed E-state index contributed by atoms with van der Waals surface area (Å²) in [5.41, 5.74) is 11.1. The lowest BCUT2D eigenvalue weighted by Gasteiger charge is -2.27. The normalized spacial score (nSPS) is 13.3. The molecule has 3 heteroatoms. The molecule has 1 aliphatic rings. The van der Waals surface area contributed by atoms with E-state index >= 15 is 0 Å². The molecule has 7 aromatic rings. The number of para-hydroxylation sites is 3. The Hall–Kier alpha value is -5.64. The van der Waals surface area contributed by atoms with Crippen molar-refractivity contribution in [2.45, 2.75) is 19.3 Å². The van der Waals surface area contributed by atoms with Gasteiger partial charge in [-0.05, 0) is 101 Å². The van der Waals surface area contributed by atoms with Crippen molar-refractivity contribution in [3.8, 4) is 11.1 Å². The smallest absolute Gasteiger partial charge is 0.0468 e. The van der Waals surface area contributed by atoms with Crippen molar-refractivity contribution in [2.75, 3.05) is 16.3 Å². The third-order valence-corrected chi connectivity index (χ3v) is 10.8. The number of hydrogen-bond donors (Lipinski definition) is 0. The molecule has 0 fully saturated rings. The summed E-state index contributed by atoms with van der Waals surface area (Å²) in [6, 6.07) is 50.9. The van der Waals surface area contributed by atoms with Gasteiger partial charge in [0.2, 0.25) is 0 Å². The average molecular weight is 651 g/mol. The highest BCUT2D eigenvalue weighted by Gasteiger charge is 2.36. The van der Waals surface area contributed by atoms with Crippen LogP contribution in [0.5, 0.6) is 0 Å². The van der Waals surface area contributed by atoms with Gasteiger partial charge in [0, 0.05) is 60.6 Å². The average Bonchev–Trinajstić information content (AvgIpc) is 3.61. The highest BCUT2D eigenvalue weighted by Crippen LogP contribution is 2.53. The second-order valence-corrected chi connectivity index (χ2v) is 14.1. The number of hydrogen-bond acceptors (Lipinski definition) is 3. The molecule has 8 rings (SSSR count). The SMILES string of the molecule is C=C/C=C\C=C/CN(c1ccccc1)c1ccc2c(c1)C(C)(C)c1cc3c(cc1-2)sc1ccc(N(c2ccccc2)c2ccccc2)cc13. The Morgan fingerprint density at radius 3 is 1.84 bits per heavy atom. The van der Waals surface area contributed by atoms with Crippen LogP contribution >= 0.6 is 11.3 Å². The van der Waals surface area contributed by atoms with Gasteiger partial charge in [-0.3, -0.25) is 0 Å². The van der Waals surface area contributed by atoms with Gasteiger partial charge in [-0.1, -0.05) is 111 Å². The van der Waals surface area contributed by atoms with E-state index in [0.29, 0.717) is 0 Å². The Kier molecular flexibility index (Phi) is 7.99. The van der Waals surface area contributed by atoms with Gasteiger partial charge < -0.3 is 9.80 Å². The molecule has 0 unspecified atom stereocenters. The van der Waals surface area contributed by atoms with Crippen LogP contribution in [-0.2, 0) is 5.41 Å². The summed E-state index contributed by atoms with van der Waals surface area (Å²) in [6.45, 7) is 9.31. The summed E-state index contributed by atoms with van der Waals surface area (Å²) in [6.07, 6.45) is 10.1. The maximum Gasteiger partial charge on any atom is 0.0468 e. The molecule has 0 amide bonds. The molecule has 49 heavy (non-hydrogen) atoms. The van der Waals surface area contributed by atoms with Crippen molar-refractivity contribution in [3.63, 3.8) is 0 Å². The first kappa shape index (κ1) is 30.7. The summed E-state index contributed by atoms with van der Waals surface area (Å²) in [7, 11) is 0. The maximum atomic E-state index is 3.78. The van der Waals surface area contributed by atoms with Crippen molar-refractivity contribution in [3.05, 3.63) is 188 Å². The first-order valence-electron chi connectivity index (χ1n) is 16.9. The summed E-state index contributed by atoms with van der Waals surface area (Å²) < 4.78 is 2.64. The highest BCUT2D eigenvalue weighted by molar-refractivity contribution is 7.25.